The average molecular weight is 383 g/mol. The van der Waals surface area contributed by atoms with E-state index in [0.29, 0.717) is 5.56 Å². The molecule has 3 N–H and O–H groups in total. The predicted octanol–water partition coefficient (Wildman–Crippen LogP) is 2.95. The first-order valence-electron chi connectivity index (χ1n) is 5.60. The molecule has 5 nitrogen and oxygen atoms in total. The Kier molecular flexibility index (Phi) is 4.23. The number of carboxylic acid groups (broad SMARTS) is 1. The number of phenols is 1. The predicted molar refractivity (Wildman–Crippen MR) is 82.2 cm³/mol. The minimum absolute atomic E-state index is 0.138. The fourth-order valence-corrected chi connectivity index (χ4v) is 1.97. The van der Waals surface area contributed by atoms with Gasteiger partial charge in [-0.2, -0.15) is 0 Å². The third kappa shape index (κ3) is 3.27. The van der Waals surface area contributed by atoms with Crippen molar-refractivity contribution in [2.24, 2.45) is 0 Å². The fraction of sp³-hybridized carbons (Fsp3) is 0. The smallest absolute Gasteiger partial charge is 0.337 e. The van der Waals surface area contributed by atoms with Crippen LogP contribution in [-0.2, 0) is 0 Å². The van der Waals surface area contributed by atoms with Crippen LogP contribution in [0, 0.1) is 3.57 Å². The van der Waals surface area contributed by atoms with Gasteiger partial charge in [-0.15, -0.1) is 0 Å². The summed E-state index contributed by atoms with van der Waals surface area (Å²) in [6.45, 7) is 0. The Balaban J connectivity index is 2.28. The van der Waals surface area contributed by atoms with E-state index in [1.165, 1.54) is 12.1 Å². The van der Waals surface area contributed by atoms with Crippen LogP contribution in [0.5, 0.6) is 5.75 Å². The van der Waals surface area contributed by atoms with Gasteiger partial charge in [-0.05, 0) is 65.1 Å². The monoisotopic (exact) mass is 383 g/mol. The second-order valence-corrected chi connectivity index (χ2v) is 5.24. The Morgan fingerprint density at radius 3 is 2.30 bits per heavy atom. The number of aromatic hydroxyl groups is 1. The van der Waals surface area contributed by atoms with Gasteiger partial charge in [0.2, 0.25) is 0 Å². The van der Waals surface area contributed by atoms with Crippen molar-refractivity contribution in [1.29, 1.82) is 0 Å². The fourth-order valence-electron chi connectivity index (χ4n) is 1.61. The van der Waals surface area contributed by atoms with Gasteiger partial charge in [-0.3, -0.25) is 4.79 Å². The highest BCUT2D eigenvalue weighted by Gasteiger charge is 2.14. The van der Waals surface area contributed by atoms with E-state index < -0.39 is 11.9 Å². The lowest BCUT2D eigenvalue weighted by Gasteiger charge is -2.09. The van der Waals surface area contributed by atoms with E-state index >= 15 is 0 Å². The molecule has 6 heteroatoms. The molecule has 102 valence electrons. The van der Waals surface area contributed by atoms with Crippen molar-refractivity contribution in [3.63, 3.8) is 0 Å². The maximum atomic E-state index is 12.0. The van der Waals surface area contributed by atoms with Crippen molar-refractivity contribution in [3.05, 3.63) is 57.2 Å². The van der Waals surface area contributed by atoms with Crippen LogP contribution in [0.1, 0.15) is 20.7 Å². The number of anilines is 1. The molecule has 0 heterocycles. The first-order valence-corrected chi connectivity index (χ1v) is 6.68. The number of amides is 1. The maximum Gasteiger partial charge on any atom is 0.337 e. The van der Waals surface area contributed by atoms with Crippen LogP contribution in [0.15, 0.2) is 42.5 Å². The third-order valence-corrected chi connectivity index (χ3v) is 3.31. The van der Waals surface area contributed by atoms with Crippen LogP contribution in [0.25, 0.3) is 0 Å². The van der Waals surface area contributed by atoms with Gasteiger partial charge in [0.1, 0.15) is 5.75 Å². The highest BCUT2D eigenvalue weighted by molar-refractivity contribution is 14.1. The number of carboxylic acids is 1. The summed E-state index contributed by atoms with van der Waals surface area (Å²) in [5.74, 6) is -1.80. The van der Waals surface area contributed by atoms with Gasteiger partial charge in [-0.1, -0.05) is 0 Å². The van der Waals surface area contributed by atoms with Crippen molar-refractivity contribution >= 4 is 40.2 Å². The van der Waals surface area contributed by atoms with Crippen molar-refractivity contribution in [2.75, 3.05) is 5.32 Å². The lowest BCUT2D eigenvalue weighted by Crippen LogP contribution is -2.14. The molecule has 0 aliphatic carbocycles. The van der Waals surface area contributed by atoms with Crippen LogP contribution in [0.3, 0.4) is 0 Å². The van der Waals surface area contributed by atoms with Crippen molar-refractivity contribution < 1.29 is 19.8 Å². The second-order valence-electron chi connectivity index (χ2n) is 4.00. The van der Waals surface area contributed by atoms with Gasteiger partial charge in [-0.25, -0.2) is 4.79 Å². The Hall–Kier alpha value is -2.09. The molecular formula is C14H10INO4. The highest BCUT2D eigenvalue weighted by Crippen LogP contribution is 2.22. The zero-order chi connectivity index (χ0) is 14.7. The zero-order valence-corrected chi connectivity index (χ0v) is 12.3. The summed E-state index contributed by atoms with van der Waals surface area (Å²) < 4.78 is 0.995. The van der Waals surface area contributed by atoms with Crippen LogP contribution in [-0.4, -0.2) is 22.1 Å². The number of benzene rings is 2. The number of hydrogen-bond donors (Lipinski definition) is 3. The third-order valence-electron chi connectivity index (χ3n) is 2.59. The molecule has 0 spiro atoms. The molecule has 2 rings (SSSR count). The summed E-state index contributed by atoms with van der Waals surface area (Å²) in [4.78, 5) is 23.1. The number of carbonyl (C=O) groups is 2. The van der Waals surface area contributed by atoms with E-state index in [4.69, 9.17) is 5.11 Å². The van der Waals surface area contributed by atoms with Crippen LogP contribution in [0.2, 0.25) is 0 Å². The maximum absolute atomic E-state index is 12.0. The molecule has 1 amide bonds. The van der Waals surface area contributed by atoms with Crippen molar-refractivity contribution in [3.8, 4) is 5.75 Å². The molecule has 0 saturated heterocycles. The molecule has 0 aliphatic heterocycles. The van der Waals surface area contributed by atoms with Gasteiger partial charge in [0, 0.05) is 9.13 Å². The number of carbonyl (C=O) groups excluding carboxylic acids is 1. The summed E-state index contributed by atoms with van der Waals surface area (Å²) in [6.07, 6.45) is 0. The van der Waals surface area contributed by atoms with Gasteiger partial charge in [0.15, 0.2) is 0 Å². The number of halogens is 1. The van der Waals surface area contributed by atoms with E-state index in [2.05, 4.69) is 27.9 Å². The minimum atomic E-state index is -1.22. The normalized spacial score (nSPS) is 10.1. The lowest BCUT2D eigenvalue weighted by atomic mass is 10.1. The molecule has 0 fully saturated rings. The molecule has 2 aromatic carbocycles. The molecule has 0 bridgehead atoms. The van der Waals surface area contributed by atoms with Crippen LogP contribution < -0.4 is 5.32 Å². The quantitative estimate of drug-likeness (QED) is 0.562. The lowest BCUT2D eigenvalue weighted by molar-refractivity contribution is 0.0697. The topological polar surface area (TPSA) is 86.6 Å². The summed E-state index contributed by atoms with van der Waals surface area (Å²) in [6, 6.07) is 10.6. The zero-order valence-electron chi connectivity index (χ0n) is 10.1. The number of rotatable bonds is 3. The number of nitrogens with one attached hydrogen (secondary N) is 1. The summed E-state index contributed by atoms with van der Waals surface area (Å²) in [5.41, 5.74) is 0.401. The van der Waals surface area contributed by atoms with Gasteiger partial charge in [0.25, 0.3) is 5.91 Å². The number of hydrogen-bond acceptors (Lipinski definition) is 3. The number of phenolic OH excluding ortho intramolecular Hbond substituents is 1. The van der Waals surface area contributed by atoms with Crippen LogP contribution >= 0.6 is 22.6 Å². The van der Waals surface area contributed by atoms with Crippen molar-refractivity contribution in [1.82, 2.24) is 0 Å². The van der Waals surface area contributed by atoms with Crippen molar-refractivity contribution in [2.45, 2.75) is 0 Å². The highest BCUT2D eigenvalue weighted by atomic mass is 127. The first kappa shape index (κ1) is 14.3. The molecular weight excluding hydrogens is 373 g/mol. The van der Waals surface area contributed by atoms with E-state index in [-0.39, 0.29) is 17.0 Å². The molecule has 0 aliphatic rings. The van der Waals surface area contributed by atoms with E-state index in [9.17, 15) is 14.7 Å². The molecule has 0 saturated carbocycles. The average Bonchev–Trinajstić information content (AvgIpc) is 2.41. The summed E-state index contributed by atoms with van der Waals surface area (Å²) >= 11 is 2.12. The Morgan fingerprint density at radius 2 is 1.70 bits per heavy atom. The van der Waals surface area contributed by atoms with Gasteiger partial charge < -0.3 is 15.5 Å². The largest absolute Gasteiger partial charge is 0.508 e. The Morgan fingerprint density at radius 1 is 1.05 bits per heavy atom. The SMILES string of the molecule is O=C(Nc1ccc(O)cc1C(=O)O)c1ccc(I)cc1. The minimum Gasteiger partial charge on any atom is -0.508 e. The molecule has 2 aromatic rings. The molecule has 0 unspecified atom stereocenters. The number of aromatic carboxylic acids is 1. The molecule has 0 atom stereocenters. The molecule has 20 heavy (non-hydrogen) atoms. The summed E-state index contributed by atoms with van der Waals surface area (Å²) in [5, 5.41) is 20.9. The first-order chi connectivity index (χ1) is 9.47. The molecule has 0 aromatic heterocycles. The standard InChI is InChI=1S/C14H10INO4/c15-9-3-1-8(2-4-9)13(18)16-12-6-5-10(17)7-11(12)14(19)20/h1-7,17H,(H,16,18)(H,19,20). The Labute approximate surface area is 128 Å². The Bertz CT molecular complexity index is 667. The van der Waals surface area contributed by atoms with E-state index in [0.717, 1.165) is 9.64 Å². The van der Waals surface area contributed by atoms with Gasteiger partial charge in [0.05, 0.1) is 11.3 Å². The van der Waals surface area contributed by atoms with Crippen LogP contribution in [0.4, 0.5) is 5.69 Å². The van der Waals surface area contributed by atoms with Gasteiger partial charge >= 0.3 is 5.97 Å². The second kappa shape index (κ2) is 5.91. The van der Waals surface area contributed by atoms with E-state index in [1.807, 2.05) is 0 Å². The van der Waals surface area contributed by atoms with E-state index in [1.54, 1.807) is 24.3 Å². The molecule has 0 radical (unpaired) electrons. The summed E-state index contributed by atoms with van der Waals surface area (Å²) in [7, 11) is 0.